The third-order valence-corrected chi connectivity index (χ3v) is 7.16. The first-order valence-electron chi connectivity index (χ1n) is 13.0. The van der Waals surface area contributed by atoms with Crippen LogP contribution < -0.4 is 10.2 Å². The molecule has 38 heavy (non-hydrogen) atoms. The molecule has 7 rings (SSSR count). The highest BCUT2D eigenvalue weighted by Crippen LogP contribution is 2.40. The van der Waals surface area contributed by atoms with E-state index in [1.807, 2.05) is 18.2 Å². The average molecular weight is 487 g/mol. The summed E-state index contributed by atoms with van der Waals surface area (Å²) in [6, 6.07) is 53.9. The van der Waals surface area contributed by atoms with Crippen molar-refractivity contribution >= 4 is 60.8 Å². The number of benzene rings is 7. The highest BCUT2D eigenvalue weighted by Gasteiger charge is 2.15. The molecule has 0 radical (unpaired) electrons. The van der Waals surface area contributed by atoms with Crippen LogP contribution in [-0.2, 0) is 0 Å². The van der Waals surface area contributed by atoms with Crippen molar-refractivity contribution in [3.63, 3.8) is 0 Å². The van der Waals surface area contributed by atoms with Crippen LogP contribution in [-0.4, -0.2) is 0 Å². The highest BCUT2D eigenvalue weighted by atomic mass is 15.1. The van der Waals surface area contributed by atoms with Gasteiger partial charge in [0.15, 0.2) is 0 Å². The highest BCUT2D eigenvalue weighted by molar-refractivity contribution is 6.10. The fourth-order valence-electron chi connectivity index (χ4n) is 5.37. The van der Waals surface area contributed by atoms with E-state index in [9.17, 15) is 0 Å². The van der Waals surface area contributed by atoms with Gasteiger partial charge < -0.3 is 10.2 Å². The van der Waals surface area contributed by atoms with Crippen LogP contribution >= 0.6 is 0 Å². The Morgan fingerprint density at radius 2 is 1.03 bits per heavy atom. The summed E-state index contributed by atoms with van der Waals surface area (Å²) in [6.07, 6.45) is 0. The molecule has 0 bridgehead atoms. The van der Waals surface area contributed by atoms with E-state index in [1.165, 1.54) is 38.0 Å². The first-order valence-corrected chi connectivity index (χ1v) is 13.0. The minimum absolute atomic E-state index is 1.09. The van der Waals surface area contributed by atoms with Crippen molar-refractivity contribution in [2.45, 2.75) is 0 Å². The van der Waals surface area contributed by atoms with Gasteiger partial charge in [-0.25, -0.2) is 0 Å². The second-order valence-electron chi connectivity index (χ2n) is 9.57. The molecule has 0 saturated heterocycles. The second-order valence-corrected chi connectivity index (χ2v) is 9.57. The van der Waals surface area contributed by atoms with Crippen LogP contribution in [0.15, 0.2) is 152 Å². The van der Waals surface area contributed by atoms with Gasteiger partial charge in [0.05, 0.1) is 5.69 Å². The van der Waals surface area contributed by atoms with Gasteiger partial charge >= 0.3 is 0 Å². The molecule has 0 fully saturated rings. The molecule has 0 spiro atoms. The first-order chi connectivity index (χ1) is 18.8. The van der Waals surface area contributed by atoms with E-state index >= 15 is 0 Å². The lowest BCUT2D eigenvalue weighted by atomic mass is 10.00. The smallest absolute Gasteiger partial charge is 0.0540 e. The molecule has 0 aliphatic heterocycles. The normalized spacial score (nSPS) is 11.2. The van der Waals surface area contributed by atoms with E-state index in [0.29, 0.717) is 0 Å². The Hall–Kier alpha value is -5.08. The predicted octanol–water partition coefficient (Wildman–Crippen LogP) is 10.4. The van der Waals surface area contributed by atoms with Crippen molar-refractivity contribution in [1.29, 1.82) is 0 Å². The number of fused-ring (bicyclic) bond motifs is 4. The SMILES string of the molecule is c1ccc(Nc2ccc3c(ccc4cc(N(c5ccccc5)c5cccc6ccccc56)ccc43)c2)cc1. The number of para-hydroxylation sites is 2. The molecule has 0 saturated carbocycles. The summed E-state index contributed by atoms with van der Waals surface area (Å²) in [5, 5.41) is 10.9. The van der Waals surface area contributed by atoms with Crippen LogP contribution in [0.2, 0.25) is 0 Å². The van der Waals surface area contributed by atoms with Crippen LogP contribution in [0.5, 0.6) is 0 Å². The van der Waals surface area contributed by atoms with Gasteiger partial charge in [-0.05, 0) is 81.5 Å². The van der Waals surface area contributed by atoms with Crippen molar-refractivity contribution in [3.8, 4) is 0 Å². The van der Waals surface area contributed by atoms with E-state index in [4.69, 9.17) is 0 Å². The Labute approximate surface area is 222 Å². The topological polar surface area (TPSA) is 15.3 Å². The van der Waals surface area contributed by atoms with Gasteiger partial charge in [-0.15, -0.1) is 0 Å². The Balaban J connectivity index is 1.34. The van der Waals surface area contributed by atoms with E-state index < -0.39 is 0 Å². The van der Waals surface area contributed by atoms with Gasteiger partial charge in [-0.1, -0.05) is 97.1 Å². The Bertz CT molecular complexity index is 1890. The summed E-state index contributed by atoms with van der Waals surface area (Å²) in [7, 11) is 0. The number of hydrogen-bond donors (Lipinski definition) is 1. The van der Waals surface area contributed by atoms with Gasteiger partial charge in [0.1, 0.15) is 0 Å². The average Bonchev–Trinajstić information content (AvgIpc) is 2.98. The van der Waals surface area contributed by atoms with E-state index in [2.05, 4.69) is 144 Å². The van der Waals surface area contributed by atoms with Crippen LogP contribution in [0.25, 0.3) is 32.3 Å². The minimum Gasteiger partial charge on any atom is -0.356 e. The third kappa shape index (κ3) is 4.03. The first kappa shape index (κ1) is 22.1. The maximum atomic E-state index is 3.51. The van der Waals surface area contributed by atoms with Crippen molar-refractivity contribution in [1.82, 2.24) is 0 Å². The van der Waals surface area contributed by atoms with Gasteiger partial charge in [0.25, 0.3) is 0 Å². The number of nitrogens with one attached hydrogen (secondary N) is 1. The van der Waals surface area contributed by atoms with Gasteiger partial charge in [0.2, 0.25) is 0 Å². The van der Waals surface area contributed by atoms with E-state index in [-0.39, 0.29) is 0 Å². The molecule has 7 aromatic rings. The van der Waals surface area contributed by atoms with Crippen LogP contribution in [0.3, 0.4) is 0 Å². The number of rotatable bonds is 5. The third-order valence-electron chi connectivity index (χ3n) is 7.16. The van der Waals surface area contributed by atoms with Crippen LogP contribution in [0.1, 0.15) is 0 Å². The molecule has 7 aromatic carbocycles. The van der Waals surface area contributed by atoms with E-state index in [1.54, 1.807) is 0 Å². The lowest BCUT2D eigenvalue weighted by molar-refractivity contribution is 1.30. The second kappa shape index (κ2) is 9.42. The predicted molar refractivity (Wildman–Crippen MR) is 163 cm³/mol. The molecule has 0 unspecified atom stereocenters. The van der Waals surface area contributed by atoms with E-state index in [0.717, 1.165) is 22.7 Å². The summed E-state index contributed by atoms with van der Waals surface area (Å²) >= 11 is 0. The maximum Gasteiger partial charge on any atom is 0.0540 e. The molecule has 0 aliphatic rings. The van der Waals surface area contributed by atoms with Crippen molar-refractivity contribution in [2.24, 2.45) is 0 Å². The minimum atomic E-state index is 1.09. The molecular formula is C36H26N2. The van der Waals surface area contributed by atoms with Crippen molar-refractivity contribution in [3.05, 3.63) is 152 Å². The fraction of sp³-hybridized carbons (Fsp3) is 0. The summed E-state index contributed by atoms with van der Waals surface area (Å²) in [4.78, 5) is 2.36. The standard InChI is InChI=1S/C36H26N2/c1-3-12-29(13-4-1)37-30-20-22-33-27(24-30)18-19-28-25-32(21-23-34(28)33)38(31-14-5-2-6-15-31)36-17-9-11-26-10-7-8-16-35(26)36/h1-25,37H. The monoisotopic (exact) mass is 486 g/mol. The number of anilines is 5. The Morgan fingerprint density at radius 1 is 0.368 bits per heavy atom. The summed E-state index contributed by atoms with van der Waals surface area (Å²) in [5.41, 5.74) is 5.63. The Morgan fingerprint density at radius 3 is 1.84 bits per heavy atom. The zero-order valence-corrected chi connectivity index (χ0v) is 20.9. The number of nitrogens with zero attached hydrogens (tertiary/aromatic N) is 1. The van der Waals surface area contributed by atoms with Crippen LogP contribution in [0.4, 0.5) is 28.4 Å². The molecule has 0 aliphatic carbocycles. The fourth-order valence-corrected chi connectivity index (χ4v) is 5.37. The molecule has 0 heterocycles. The zero-order valence-electron chi connectivity index (χ0n) is 20.9. The van der Waals surface area contributed by atoms with Gasteiger partial charge in [-0.2, -0.15) is 0 Å². The number of hydrogen-bond acceptors (Lipinski definition) is 2. The molecule has 2 nitrogen and oxygen atoms in total. The molecule has 1 N–H and O–H groups in total. The molecule has 0 aromatic heterocycles. The molecule has 0 amide bonds. The van der Waals surface area contributed by atoms with Crippen LogP contribution in [0, 0.1) is 0 Å². The maximum absolute atomic E-state index is 3.51. The quantitative estimate of drug-likeness (QED) is 0.243. The summed E-state index contributed by atoms with van der Waals surface area (Å²) in [5.74, 6) is 0. The molecule has 180 valence electrons. The van der Waals surface area contributed by atoms with Gasteiger partial charge in [-0.3, -0.25) is 0 Å². The zero-order chi connectivity index (χ0) is 25.3. The van der Waals surface area contributed by atoms with Gasteiger partial charge in [0, 0.05) is 28.1 Å². The molecule has 2 heteroatoms. The van der Waals surface area contributed by atoms with Crippen molar-refractivity contribution in [2.75, 3.05) is 10.2 Å². The largest absolute Gasteiger partial charge is 0.356 e. The summed E-state index contributed by atoms with van der Waals surface area (Å²) < 4.78 is 0. The molecule has 0 atom stereocenters. The Kier molecular flexibility index (Phi) is 5.49. The molecular weight excluding hydrogens is 460 g/mol. The van der Waals surface area contributed by atoms with Crippen molar-refractivity contribution < 1.29 is 0 Å². The summed E-state index contributed by atoms with van der Waals surface area (Å²) in [6.45, 7) is 0. The lowest BCUT2D eigenvalue weighted by Crippen LogP contribution is -2.10. The lowest BCUT2D eigenvalue weighted by Gasteiger charge is -2.27.